The first-order valence-corrected chi connectivity index (χ1v) is 7.73. The molecule has 1 aromatic rings. The van der Waals surface area contributed by atoms with Crippen LogP contribution in [-0.4, -0.2) is 23.0 Å². The first kappa shape index (κ1) is 14.1. The predicted octanol–water partition coefficient (Wildman–Crippen LogP) is 2.48. The molecule has 0 spiro atoms. The zero-order valence-corrected chi connectivity index (χ0v) is 12.0. The standard InChI is InChI=1S/C17H21NO3/c19-16(18-14-8-13(9-14)17(20)21)10-12-6-3-5-11-4-1-2-7-15(11)12/h1-2,4,7,12-14H,3,5-6,8-10H2,(H,18,19)(H,20,21). The Morgan fingerprint density at radius 2 is 2.00 bits per heavy atom. The molecule has 2 N–H and O–H groups in total. The van der Waals surface area contributed by atoms with Crippen LogP contribution in [0.3, 0.4) is 0 Å². The number of fused-ring (bicyclic) bond motifs is 1. The summed E-state index contributed by atoms with van der Waals surface area (Å²) in [5.41, 5.74) is 2.69. The molecule has 0 radical (unpaired) electrons. The van der Waals surface area contributed by atoms with Crippen LogP contribution in [0.15, 0.2) is 24.3 Å². The van der Waals surface area contributed by atoms with Crippen LogP contribution in [0, 0.1) is 5.92 Å². The summed E-state index contributed by atoms with van der Waals surface area (Å²) in [4.78, 5) is 22.9. The molecule has 0 aliphatic heterocycles. The molecule has 0 aromatic heterocycles. The number of rotatable bonds is 4. The number of hydrogen-bond acceptors (Lipinski definition) is 2. The van der Waals surface area contributed by atoms with Crippen molar-refractivity contribution in [2.45, 2.75) is 50.5 Å². The fraction of sp³-hybridized carbons (Fsp3) is 0.529. The van der Waals surface area contributed by atoms with E-state index in [1.807, 2.05) is 6.07 Å². The summed E-state index contributed by atoms with van der Waals surface area (Å²) in [5.74, 6) is -0.650. The number of carbonyl (C=O) groups is 2. The highest BCUT2D eigenvalue weighted by Crippen LogP contribution is 2.34. The van der Waals surface area contributed by atoms with Crippen LogP contribution in [0.1, 0.15) is 49.1 Å². The molecule has 2 aliphatic rings. The maximum absolute atomic E-state index is 12.1. The Balaban J connectivity index is 1.53. The topological polar surface area (TPSA) is 66.4 Å². The van der Waals surface area contributed by atoms with E-state index in [9.17, 15) is 9.59 Å². The Bertz CT molecular complexity index is 549. The number of benzene rings is 1. The van der Waals surface area contributed by atoms with Crippen molar-refractivity contribution >= 4 is 11.9 Å². The third kappa shape index (κ3) is 3.09. The van der Waals surface area contributed by atoms with Crippen molar-refractivity contribution in [3.8, 4) is 0 Å². The molecule has 1 fully saturated rings. The molecule has 112 valence electrons. The third-order valence-electron chi connectivity index (χ3n) is 4.78. The minimum absolute atomic E-state index is 0.0532. The number of aliphatic carboxylic acids is 1. The quantitative estimate of drug-likeness (QED) is 0.894. The highest BCUT2D eigenvalue weighted by atomic mass is 16.4. The van der Waals surface area contributed by atoms with Crippen molar-refractivity contribution in [1.82, 2.24) is 5.32 Å². The van der Waals surface area contributed by atoms with Crippen molar-refractivity contribution in [3.63, 3.8) is 0 Å². The van der Waals surface area contributed by atoms with Crippen molar-refractivity contribution in [2.24, 2.45) is 5.92 Å². The second kappa shape index (κ2) is 5.88. The number of carboxylic acids is 1. The van der Waals surface area contributed by atoms with Crippen LogP contribution >= 0.6 is 0 Å². The Labute approximate surface area is 124 Å². The van der Waals surface area contributed by atoms with Gasteiger partial charge in [-0.2, -0.15) is 0 Å². The highest BCUT2D eigenvalue weighted by Gasteiger charge is 2.35. The number of aryl methyl sites for hydroxylation is 1. The van der Waals surface area contributed by atoms with E-state index < -0.39 is 5.97 Å². The van der Waals surface area contributed by atoms with Gasteiger partial charge < -0.3 is 10.4 Å². The maximum atomic E-state index is 12.1. The molecule has 1 amide bonds. The summed E-state index contributed by atoms with van der Waals surface area (Å²) in [7, 11) is 0. The summed E-state index contributed by atoms with van der Waals surface area (Å²) < 4.78 is 0. The lowest BCUT2D eigenvalue weighted by Gasteiger charge is -2.33. The second-order valence-electron chi connectivity index (χ2n) is 6.26. The van der Waals surface area contributed by atoms with Gasteiger partial charge in [0.25, 0.3) is 0 Å². The molecule has 4 nitrogen and oxygen atoms in total. The number of amides is 1. The Morgan fingerprint density at radius 3 is 2.76 bits per heavy atom. The lowest BCUT2D eigenvalue weighted by Crippen LogP contribution is -2.47. The van der Waals surface area contributed by atoms with Gasteiger partial charge in [-0.15, -0.1) is 0 Å². The average Bonchev–Trinajstić information content (AvgIpc) is 2.42. The number of hydrogen-bond donors (Lipinski definition) is 2. The van der Waals surface area contributed by atoms with Gasteiger partial charge in [0, 0.05) is 12.5 Å². The zero-order valence-electron chi connectivity index (χ0n) is 12.0. The Morgan fingerprint density at radius 1 is 1.24 bits per heavy atom. The molecular weight excluding hydrogens is 266 g/mol. The smallest absolute Gasteiger partial charge is 0.306 e. The lowest BCUT2D eigenvalue weighted by atomic mass is 9.79. The molecular formula is C17H21NO3. The van der Waals surface area contributed by atoms with Gasteiger partial charge in [0.2, 0.25) is 5.91 Å². The van der Waals surface area contributed by atoms with Crippen LogP contribution < -0.4 is 5.32 Å². The molecule has 1 unspecified atom stereocenters. The maximum Gasteiger partial charge on any atom is 0.306 e. The van der Waals surface area contributed by atoms with Gasteiger partial charge >= 0.3 is 5.97 Å². The van der Waals surface area contributed by atoms with E-state index in [-0.39, 0.29) is 17.9 Å². The van der Waals surface area contributed by atoms with Gasteiger partial charge in [-0.1, -0.05) is 24.3 Å². The number of carbonyl (C=O) groups excluding carboxylic acids is 1. The van der Waals surface area contributed by atoms with Gasteiger partial charge in [-0.3, -0.25) is 9.59 Å². The van der Waals surface area contributed by atoms with E-state index in [1.54, 1.807) is 0 Å². The summed E-state index contributed by atoms with van der Waals surface area (Å²) in [5, 5.41) is 11.8. The average molecular weight is 287 g/mol. The molecule has 1 aromatic carbocycles. The molecule has 3 rings (SSSR count). The highest BCUT2D eigenvalue weighted by molar-refractivity contribution is 5.78. The summed E-state index contributed by atoms with van der Waals surface area (Å²) in [6.45, 7) is 0. The minimum atomic E-state index is -0.748. The van der Waals surface area contributed by atoms with Crippen LogP contribution in [0.4, 0.5) is 0 Å². The molecule has 1 atom stereocenters. The molecule has 21 heavy (non-hydrogen) atoms. The Kier molecular flexibility index (Phi) is 3.95. The van der Waals surface area contributed by atoms with E-state index in [0.717, 1.165) is 19.3 Å². The van der Waals surface area contributed by atoms with Crippen LogP contribution in [0.25, 0.3) is 0 Å². The predicted molar refractivity (Wildman–Crippen MR) is 79.0 cm³/mol. The zero-order chi connectivity index (χ0) is 14.8. The van der Waals surface area contributed by atoms with Crippen LogP contribution in [0.2, 0.25) is 0 Å². The van der Waals surface area contributed by atoms with Gasteiger partial charge in [-0.05, 0) is 49.1 Å². The summed E-state index contributed by atoms with van der Waals surface area (Å²) in [6, 6.07) is 8.44. The van der Waals surface area contributed by atoms with E-state index >= 15 is 0 Å². The summed E-state index contributed by atoms with van der Waals surface area (Å²) in [6.07, 6.45) is 4.97. The number of nitrogens with one attached hydrogen (secondary N) is 1. The van der Waals surface area contributed by atoms with E-state index in [4.69, 9.17) is 5.11 Å². The first-order valence-electron chi connectivity index (χ1n) is 7.73. The molecule has 0 saturated heterocycles. The minimum Gasteiger partial charge on any atom is -0.481 e. The largest absolute Gasteiger partial charge is 0.481 e. The first-order chi connectivity index (χ1) is 10.1. The van der Waals surface area contributed by atoms with Crippen molar-refractivity contribution in [1.29, 1.82) is 0 Å². The van der Waals surface area contributed by atoms with Crippen molar-refractivity contribution in [3.05, 3.63) is 35.4 Å². The van der Waals surface area contributed by atoms with Crippen molar-refractivity contribution in [2.75, 3.05) is 0 Å². The Hall–Kier alpha value is -1.84. The van der Waals surface area contributed by atoms with Crippen LogP contribution in [-0.2, 0) is 16.0 Å². The SMILES string of the molecule is O=C(CC1CCCc2ccccc21)NC1CC(C(=O)O)C1. The molecule has 1 saturated carbocycles. The van der Waals surface area contributed by atoms with Gasteiger partial charge in [0.05, 0.1) is 5.92 Å². The third-order valence-corrected chi connectivity index (χ3v) is 4.78. The molecule has 0 heterocycles. The molecule has 4 heteroatoms. The molecule has 2 aliphatic carbocycles. The van der Waals surface area contributed by atoms with Gasteiger partial charge in [0.1, 0.15) is 0 Å². The monoisotopic (exact) mass is 287 g/mol. The van der Waals surface area contributed by atoms with E-state index in [2.05, 4.69) is 23.5 Å². The molecule has 0 bridgehead atoms. The van der Waals surface area contributed by atoms with Gasteiger partial charge in [0.15, 0.2) is 0 Å². The lowest BCUT2D eigenvalue weighted by molar-refractivity contribution is -0.146. The van der Waals surface area contributed by atoms with E-state index in [0.29, 0.717) is 25.2 Å². The van der Waals surface area contributed by atoms with E-state index in [1.165, 1.54) is 11.1 Å². The fourth-order valence-corrected chi connectivity index (χ4v) is 3.51. The van der Waals surface area contributed by atoms with Gasteiger partial charge in [-0.25, -0.2) is 0 Å². The van der Waals surface area contributed by atoms with Crippen molar-refractivity contribution < 1.29 is 14.7 Å². The van der Waals surface area contributed by atoms with Crippen LogP contribution in [0.5, 0.6) is 0 Å². The second-order valence-corrected chi connectivity index (χ2v) is 6.26. The normalized spacial score (nSPS) is 27.3. The fourth-order valence-electron chi connectivity index (χ4n) is 3.51. The number of carboxylic acid groups (broad SMARTS) is 1. The summed E-state index contributed by atoms with van der Waals surface area (Å²) >= 11 is 0.